The maximum absolute atomic E-state index is 12.1. The van der Waals surface area contributed by atoms with Crippen molar-refractivity contribution in [1.82, 2.24) is 21.4 Å². The predicted molar refractivity (Wildman–Crippen MR) is 81.6 cm³/mol. The van der Waals surface area contributed by atoms with Crippen LogP contribution in [0.2, 0.25) is 0 Å². The van der Waals surface area contributed by atoms with Gasteiger partial charge >= 0.3 is 6.36 Å². The minimum atomic E-state index is -4.74. The normalized spacial score (nSPS) is 20.3. The molecule has 0 bridgehead atoms. The summed E-state index contributed by atoms with van der Waals surface area (Å²) in [6, 6.07) is 6.28. The molecule has 1 aromatic carbocycles. The molecule has 25 heavy (non-hydrogen) atoms. The summed E-state index contributed by atoms with van der Waals surface area (Å²) in [5.74, 6) is -0.0117. The zero-order chi connectivity index (χ0) is 18.0. The molecule has 1 aliphatic rings. The lowest BCUT2D eigenvalue weighted by Gasteiger charge is -2.10. The second-order valence-electron chi connectivity index (χ2n) is 5.04. The van der Waals surface area contributed by atoms with E-state index in [0.29, 0.717) is 16.6 Å². The second kappa shape index (κ2) is 6.85. The number of benzene rings is 1. The average Bonchev–Trinajstić information content (AvgIpc) is 3.13. The van der Waals surface area contributed by atoms with Gasteiger partial charge in [-0.2, -0.15) is 10.8 Å². The van der Waals surface area contributed by atoms with E-state index in [-0.39, 0.29) is 11.8 Å². The number of hydrogen-bond acceptors (Lipinski definition) is 8. The van der Waals surface area contributed by atoms with E-state index >= 15 is 0 Å². The van der Waals surface area contributed by atoms with Crippen molar-refractivity contribution in [2.24, 2.45) is 0 Å². The minimum absolute atomic E-state index is 0.322. The predicted octanol–water partition coefficient (Wildman–Crippen LogP) is 2.69. The van der Waals surface area contributed by atoms with Crippen LogP contribution in [0.25, 0.3) is 0 Å². The maximum Gasteiger partial charge on any atom is 0.573 e. The largest absolute Gasteiger partial charge is 0.573 e. The van der Waals surface area contributed by atoms with Crippen LogP contribution in [0, 0.1) is 18.3 Å². The average molecular weight is 371 g/mol. The number of hydrazine groups is 2. The van der Waals surface area contributed by atoms with Gasteiger partial charge in [0.1, 0.15) is 17.5 Å². The Bertz CT molecular complexity index is 787. The van der Waals surface area contributed by atoms with Gasteiger partial charge in [0.05, 0.1) is 17.8 Å². The topological polar surface area (TPSA) is 91.2 Å². The molecule has 1 aromatic heterocycles. The van der Waals surface area contributed by atoms with Crippen LogP contribution in [-0.2, 0) is 0 Å². The highest BCUT2D eigenvalue weighted by molar-refractivity contribution is 7.13. The molecule has 3 rings (SSSR count). The number of nitrogens with zero attached hydrogens (tertiary/aromatic N) is 2. The fourth-order valence-electron chi connectivity index (χ4n) is 2.22. The first-order valence-electron chi connectivity index (χ1n) is 7.02. The molecular formula is C14H12F3N5O2S. The van der Waals surface area contributed by atoms with Gasteiger partial charge in [0, 0.05) is 4.88 Å². The summed E-state index contributed by atoms with van der Waals surface area (Å²) in [5.41, 5.74) is 9.00. The van der Waals surface area contributed by atoms with E-state index in [1.54, 1.807) is 0 Å². The zero-order valence-corrected chi connectivity index (χ0v) is 13.5. The van der Waals surface area contributed by atoms with Crippen molar-refractivity contribution in [1.29, 1.82) is 5.26 Å². The van der Waals surface area contributed by atoms with Crippen molar-refractivity contribution in [3.63, 3.8) is 0 Å². The van der Waals surface area contributed by atoms with Crippen LogP contribution >= 0.6 is 11.3 Å². The summed E-state index contributed by atoms with van der Waals surface area (Å²) < 4.78 is 45.8. The summed E-state index contributed by atoms with van der Waals surface area (Å²) >= 11 is 1.27. The Kier molecular flexibility index (Phi) is 4.78. The lowest BCUT2D eigenvalue weighted by Crippen LogP contribution is -2.32. The highest BCUT2D eigenvalue weighted by Crippen LogP contribution is 2.34. The molecular weight excluding hydrogens is 359 g/mol. The van der Waals surface area contributed by atoms with Gasteiger partial charge in [0.25, 0.3) is 5.19 Å². The molecule has 7 nitrogen and oxygen atoms in total. The van der Waals surface area contributed by atoms with Crippen LogP contribution in [0.4, 0.5) is 13.2 Å². The van der Waals surface area contributed by atoms with E-state index in [1.165, 1.54) is 23.5 Å². The van der Waals surface area contributed by atoms with Crippen LogP contribution in [0.15, 0.2) is 24.3 Å². The number of nitriles is 1. The molecule has 2 heterocycles. The van der Waals surface area contributed by atoms with Crippen LogP contribution in [0.5, 0.6) is 16.7 Å². The van der Waals surface area contributed by atoms with Crippen LogP contribution in [0.1, 0.15) is 16.6 Å². The van der Waals surface area contributed by atoms with E-state index < -0.39 is 12.4 Å². The number of hydrogen-bond donors (Lipinski definition) is 3. The molecule has 1 fully saturated rings. The Balaban J connectivity index is 1.72. The van der Waals surface area contributed by atoms with E-state index in [4.69, 9.17) is 10.00 Å². The number of aromatic nitrogens is 1. The van der Waals surface area contributed by atoms with E-state index in [0.717, 1.165) is 17.0 Å². The SMILES string of the molecule is Cc1sc(Oc2ccc(OC(F)(F)F)cc2)nc1C1NNNC1C#N. The molecule has 0 spiro atoms. The third-order valence-electron chi connectivity index (χ3n) is 3.30. The zero-order valence-electron chi connectivity index (χ0n) is 12.7. The summed E-state index contributed by atoms with van der Waals surface area (Å²) in [4.78, 5) is 5.22. The number of alkyl halides is 3. The molecule has 1 saturated heterocycles. The molecule has 132 valence electrons. The number of halogens is 3. The first kappa shape index (κ1) is 17.4. The van der Waals surface area contributed by atoms with Gasteiger partial charge in [-0.3, -0.25) is 0 Å². The molecule has 2 unspecified atom stereocenters. The van der Waals surface area contributed by atoms with Gasteiger partial charge in [0.15, 0.2) is 0 Å². The van der Waals surface area contributed by atoms with Crippen molar-refractivity contribution in [3.05, 3.63) is 34.8 Å². The van der Waals surface area contributed by atoms with Crippen molar-refractivity contribution in [3.8, 4) is 22.8 Å². The molecule has 0 saturated carbocycles. The number of ether oxygens (including phenoxy) is 2. The standard InChI is InChI=1S/C14H12F3N5O2S/c1-7-11(12-10(6-18)20-22-21-12)19-13(25-7)23-8-2-4-9(5-3-8)24-14(15,16)17/h2-5,10,12,20-22H,1H3. The summed E-state index contributed by atoms with van der Waals surface area (Å²) in [6.07, 6.45) is -4.74. The maximum atomic E-state index is 12.1. The summed E-state index contributed by atoms with van der Waals surface area (Å²) in [7, 11) is 0. The minimum Gasteiger partial charge on any atom is -0.431 e. The van der Waals surface area contributed by atoms with Crippen molar-refractivity contribution < 1.29 is 22.6 Å². The highest BCUT2D eigenvalue weighted by atomic mass is 32.1. The van der Waals surface area contributed by atoms with Gasteiger partial charge in [-0.1, -0.05) is 11.3 Å². The van der Waals surface area contributed by atoms with Gasteiger partial charge < -0.3 is 9.47 Å². The lowest BCUT2D eigenvalue weighted by molar-refractivity contribution is -0.274. The van der Waals surface area contributed by atoms with Gasteiger partial charge in [-0.25, -0.2) is 15.8 Å². The quantitative estimate of drug-likeness (QED) is 0.761. The first-order chi connectivity index (χ1) is 11.9. The van der Waals surface area contributed by atoms with E-state index in [9.17, 15) is 13.2 Å². The Hall–Kier alpha value is -2.39. The summed E-state index contributed by atoms with van der Waals surface area (Å²) in [6.45, 7) is 1.84. The van der Waals surface area contributed by atoms with Crippen molar-refractivity contribution in [2.75, 3.05) is 0 Å². The van der Waals surface area contributed by atoms with Gasteiger partial charge in [-0.05, 0) is 31.2 Å². The van der Waals surface area contributed by atoms with Crippen LogP contribution < -0.4 is 25.9 Å². The fraction of sp³-hybridized carbons (Fsp3) is 0.286. The number of rotatable bonds is 4. The Morgan fingerprint density at radius 3 is 2.52 bits per heavy atom. The monoisotopic (exact) mass is 371 g/mol. The molecule has 11 heteroatoms. The highest BCUT2D eigenvalue weighted by Gasteiger charge is 2.32. The molecule has 1 aliphatic heterocycles. The van der Waals surface area contributed by atoms with Crippen LogP contribution in [0.3, 0.4) is 0 Å². The lowest BCUT2D eigenvalue weighted by atomic mass is 10.1. The second-order valence-corrected chi connectivity index (χ2v) is 6.21. The first-order valence-corrected chi connectivity index (χ1v) is 7.84. The van der Waals surface area contributed by atoms with E-state index in [1.807, 2.05) is 6.92 Å². The molecule has 3 N–H and O–H groups in total. The number of thiazole rings is 1. The Morgan fingerprint density at radius 1 is 1.20 bits per heavy atom. The third-order valence-corrected chi connectivity index (χ3v) is 4.16. The molecule has 0 aliphatic carbocycles. The van der Waals surface area contributed by atoms with Crippen molar-refractivity contribution in [2.45, 2.75) is 25.4 Å². The fourth-order valence-corrected chi connectivity index (χ4v) is 3.04. The van der Waals surface area contributed by atoms with Crippen molar-refractivity contribution >= 4 is 11.3 Å². The number of aryl methyl sites for hydroxylation is 1. The molecule has 2 atom stereocenters. The Morgan fingerprint density at radius 2 is 1.88 bits per heavy atom. The van der Waals surface area contributed by atoms with E-state index in [2.05, 4.69) is 32.2 Å². The summed E-state index contributed by atoms with van der Waals surface area (Å²) in [5, 5.41) is 9.42. The molecule has 0 amide bonds. The van der Waals surface area contributed by atoms with Gasteiger partial charge in [-0.15, -0.1) is 13.2 Å². The van der Waals surface area contributed by atoms with Gasteiger partial charge in [0.2, 0.25) is 0 Å². The smallest absolute Gasteiger partial charge is 0.431 e. The number of nitrogens with one attached hydrogen (secondary N) is 3. The van der Waals surface area contributed by atoms with Crippen LogP contribution in [-0.4, -0.2) is 17.4 Å². The molecule has 0 radical (unpaired) electrons. The Labute approximate surface area is 144 Å². The third kappa shape index (κ3) is 4.18. The molecule has 2 aromatic rings.